The van der Waals surface area contributed by atoms with E-state index in [9.17, 15) is 5.11 Å². The van der Waals surface area contributed by atoms with E-state index in [2.05, 4.69) is 34.4 Å². The molecule has 1 aliphatic rings. The number of nitrogens with zero attached hydrogens (tertiary/aromatic N) is 1. The molecular weight excluding hydrogens is 315 g/mol. The third-order valence-corrected chi connectivity index (χ3v) is 4.10. The zero-order valence-electron chi connectivity index (χ0n) is 9.36. The van der Waals surface area contributed by atoms with Gasteiger partial charge in [-0.2, -0.15) is 0 Å². The van der Waals surface area contributed by atoms with E-state index < -0.39 is 0 Å². The van der Waals surface area contributed by atoms with Crippen molar-refractivity contribution in [2.75, 3.05) is 23.7 Å². The number of hydrogen-bond donors (Lipinski definition) is 2. The fraction of sp³-hybridized carbons (Fsp3) is 0.500. The van der Waals surface area contributed by atoms with Crippen LogP contribution >= 0.6 is 22.6 Å². The second-order valence-corrected chi connectivity index (χ2v) is 5.65. The topological polar surface area (TPSA) is 49.5 Å². The molecule has 1 heterocycles. The standard InChI is InChI=1S/C12H17IN2O/c1-8-4-5-15(7-12(8)16)11-3-2-9(14)6-10(11)13/h2-3,6,8,12,16H,4-5,7,14H2,1H3. The molecule has 1 aromatic rings. The molecule has 88 valence electrons. The normalized spacial score (nSPS) is 25.8. The zero-order chi connectivity index (χ0) is 11.7. The number of nitrogen functional groups attached to an aromatic ring is 1. The highest BCUT2D eigenvalue weighted by atomic mass is 127. The van der Waals surface area contributed by atoms with Crippen molar-refractivity contribution in [1.29, 1.82) is 0 Å². The maximum absolute atomic E-state index is 9.89. The largest absolute Gasteiger partial charge is 0.399 e. The highest BCUT2D eigenvalue weighted by molar-refractivity contribution is 14.1. The molecule has 1 aliphatic heterocycles. The molecule has 2 rings (SSSR count). The van der Waals surface area contributed by atoms with Gasteiger partial charge in [0.25, 0.3) is 0 Å². The molecule has 0 spiro atoms. The van der Waals surface area contributed by atoms with Gasteiger partial charge < -0.3 is 15.7 Å². The van der Waals surface area contributed by atoms with Crippen LogP contribution in [-0.2, 0) is 0 Å². The van der Waals surface area contributed by atoms with E-state index in [0.717, 1.165) is 28.8 Å². The van der Waals surface area contributed by atoms with Crippen LogP contribution in [-0.4, -0.2) is 24.3 Å². The molecule has 0 radical (unpaired) electrons. The van der Waals surface area contributed by atoms with Crippen LogP contribution in [0.4, 0.5) is 11.4 Å². The molecule has 2 unspecified atom stereocenters. The molecule has 0 aromatic heterocycles. The molecular formula is C12H17IN2O. The van der Waals surface area contributed by atoms with Crippen molar-refractivity contribution in [1.82, 2.24) is 0 Å². The Morgan fingerprint density at radius 2 is 2.25 bits per heavy atom. The van der Waals surface area contributed by atoms with Crippen LogP contribution in [0.2, 0.25) is 0 Å². The number of halogens is 1. The van der Waals surface area contributed by atoms with Gasteiger partial charge in [0.15, 0.2) is 0 Å². The van der Waals surface area contributed by atoms with E-state index in [1.165, 1.54) is 5.69 Å². The lowest BCUT2D eigenvalue weighted by molar-refractivity contribution is 0.103. The highest BCUT2D eigenvalue weighted by Crippen LogP contribution is 2.28. The number of piperidine rings is 1. The van der Waals surface area contributed by atoms with Crippen LogP contribution in [0.25, 0.3) is 0 Å². The van der Waals surface area contributed by atoms with Gasteiger partial charge in [0.2, 0.25) is 0 Å². The Bertz CT molecular complexity index is 383. The fourth-order valence-corrected chi connectivity index (χ4v) is 2.93. The molecule has 3 nitrogen and oxygen atoms in total. The molecule has 16 heavy (non-hydrogen) atoms. The van der Waals surface area contributed by atoms with Crippen molar-refractivity contribution >= 4 is 34.0 Å². The van der Waals surface area contributed by atoms with Crippen molar-refractivity contribution in [2.45, 2.75) is 19.4 Å². The molecule has 0 aliphatic carbocycles. The van der Waals surface area contributed by atoms with Crippen molar-refractivity contribution in [3.8, 4) is 0 Å². The van der Waals surface area contributed by atoms with Gasteiger partial charge in [-0.1, -0.05) is 6.92 Å². The van der Waals surface area contributed by atoms with E-state index in [0.29, 0.717) is 5.92 Å². The first kappa shape index (κ1) is 12.0. The third kappa shape index (κ3) is 2.43. The number of aliphatic hydroxyl groups excluding tert-OH is 1. The van der Waals surface area contributed by atoms with Crippen LogP contribution in [0.15, 0.2) is 18.2 Å². The quantitative estimate of drug-likeness (QED) is 0.612. The van der Waals surface area contributed by atoms with Crippen molar-refractivity contribution in [3.05, 3.63) is 21.8 Å². The highest BCUT2D eigenvalue weighted by Gasteiger charge is 2.25. The monoisotopic (exact) mass is 332 g/mol. The average molecular weight is 332 g/mol. The summed E-state index contributed by atoms with van der Waals surface area (Å²) in [5.41, 5.74) is 7.71. The Kier molecular flexibility index (Phi) is 3.59. The van der Waals surface area contributed by atoms with Crippen LogP contribution in [0.1, 0.15) is 13.3 Å². The SMILES string of the molecule is CC1CCN(c2ccc(N)cc2I)CC1O. The second kappa shape index (κ2) is 4.79. The number of rotatable bonds is 1. The summed E-state index contributed by atoms with van der Waals surface area (Å²) < 4.78 is 1.15. The van der Waals surface area contributed by atoms with E-state index in [-0.39, 0.29) is 6.10 Å². The summed E-state index contributed by atoms with van der Waals surface area (Å²) in [4.78, 5) is 2.24. The van der Waals surface area contributed by atoms with Gasteiger partial charge in [-0.25, -0.2) is 0 Å². The number of benzene rings is 1. The summed E-state index contributed by atoms with van der Waals surface area (Å²) >= 11 is 2.30. The van der Waals surface area contributed by atoms with E-state index in [1.807, 2.05) is 18.2 Å². The minimum absolute atomic E-state index is 0.220. The Morgan fingerprint density at radius 3 is 2.88 bits per heavy atom. The van der Waals surface area contributed by atoms with Gasteiger partial charge in [0.1, 0.15) is 0 Å². The van der Waals surface area contributed by atoms with Gasteiger partial charge in [0, 0.05) is 22.3 Å². The number of nitrogens with two attached hydrogens (primary N) is 1. The Balaban J connectivity index is 2.18. The first-order chi connectivity index (χ1) is 7.58. The number of aliphatic hydroxyl groups is 1. The first-order valence-corrected chi connectivity index (χ1v) is 6.64. The molecule has 1 aromatic carbocycles. The fourth-order valence-electron chi connectivity index (χ4n) is 2.05. The first-order valence-electron chi connectivity index (χ1n) is 5.56. The van der Waals surface area contributed by atoms with Crippen molar-refractivity contribution in [3.63, 3.8) is 0 Å². The maximum Gasteiger partial charge on any atom is 0.0741 e. The lowest BCUT2D eigenvalue weighted by Crippen LogP contribution is -2.43. The van der Waals surface area contributed by atoms with Crippen LogP contribution in [0.3, 0.4) is 0 Å². The molecule has 0 bridgehead atoms. The Hall–Kier alpha value is -0.490. The molecule has 3 N–H and O–H groups in total. The molecule has 0 amide bonds. The smallest absolute Gasteiger partial charge is 0.0741 e. The van der Waals surface area contributed by atoms with Crippen molar-refractivity contribution in [2.24, 2.45) is 5.92 Å². The molecule has 1 saturated heterocycles. The minimum Gasteiger partial charge on any atom is -0.399 e. The van der Waals surface area contributed by atoms with Crippen LogP contribution in [0.5, 0.6) is 0 Å². The third-order valence-electron chi connectivity index (χ3n) is 3.23. The van der Waals surface area contributed by atoms with Crippen molar-refractivity contribution < 1.29 is 5.11 Å². The lowest BCUT2D eigenvalue weighted by atomic mass is 9.96. The summed E-state index contributed by atoms with van der Waals surface area (Å²) in [7, 11) is 0. The maximum atomic E-state index is 9.89. The van der Waals surface area contributed by atoms with E-state index in [1.54, 1.807) is 0 Å². The Labute approximate surface area is 110 Å². The predicted molar refractivity (Wildman–Crippen MR) is 75.6 cm³/mol. The zero-order valence-corrected chi connectivity index (χ0v) is 11.5. The van der Waals surface area contributed by atoms with Gasteiger partial charge in [-0.15, -0.1) is 0 Å². The summed E-state index contributed by atoms with van der Waals surface area (Å²) in [6.45, 7) is 3.84. The van der Waals surface area contributed by atoms with Gasteiger partial charge >= 0.3 is 0 Å². The van der Waals surface area contributed by atoms with Gasteiger partial charge in [-0.3, -0.25) is 0 Å². The molecule has 1 fully saturated rings. The lowest BCUT2D eigenvalue weighted by Gasteiger charge is -2.36. The number of anilines is 2. The van der Waals surface area contributed by atoms with Crippen LogP contribution in [0, 0.1) is 9.49 Å². The molecule has 4 heteroatoms. The number of hydrogen-bond acceptors (Lipinski definition) is 3. The number of β-amino-alcohol motifs (C(OH)–C–C–N with tert-alkyl or cyclic N) is 1. The molecule has 0 saturated carbocycles. The second-order valence-electron chi connectivity index (χ2n) is 4.49. The summed E-state index contributed by atoms with van der Waals surface area (Å²) in [6.07, 6.45) is 0.823. The van der Waals surface area contributed by atoms with E-state index >= 15 is 0 Å². The summed E-state index contributed by atoms with van der Waals surface area (Å²) in [5.74, 6) is 0.405. The van der Waals surface area contributed by atoms with Crippen LogP contribution < -0.4 is 10.6 Å². The van der Waals surface area contributed by atoms with Gasteiger partial charge in [0.05, 0.1) is 11.8 Å². The minimum atomic E-state index is -0.220. The average Bonchev–Trinajstić information content (AvgIpc) is 2.22. The summed E-state index contributed by atoms with van der Waals surface area (Å²) in [5, 5.41) is 9.89. The Morgan fingerprint density at radius 1 is 1.50 bits per heavy atom. The predicted octanol–water partition coefficient (Wildman–Crippen LogP) is 2.08. The van der Waals surface area contributed by atoms with E-state index in [4.69, 9.17) is 5.73 Å². The molecule has 2 atom stereocenters. The van der Waals surface area contributed by atoms with Gasteiger partial charge in [-0.05, 0) is 53.1 Å². The summed E-state index contributed by atoms with van der Waals surface area (Å²) in [6, 6.07) is 5.93.